The lowest BCUT2D eigenvalue weighted by molar-refractivity contribution is 0.106. The van der Waals surface area contributed by atoms with Crippen LogP contribution >= 0.6 is 11.6 Å². The molecule has 0 bridgehead atoms. The van der Waals surface area contributed by atoms with Gasteiger partial charge in [0, 0.05) is 17.1 Å². The van der Waals surface area contributed by atoms with Crippen LogP contribution in [0, 0.1) is 0 Å². The number of benzene rings is 1. The minimum absolute atomic E-state index is 0.0789. The van der Waals surface area contributed by atoms with Crippen molar-refractivity contribution in [3.63, 3.8) is 0 Å². The van der Waals surface area contributed by atoms with Gasteiger partial charge in [0.1, 0.15) is 0 Å². The van der Waals surface area contributed by atoms with Gasteiger partial charge in [-0.15, -0.1) is 0 Å². The molecule has 5 nitrogen and oxygen atoms in total. The monoisotopic (exact) mass is 251 g/mol. The van der Waals surface area contributed by atoms with Gasteiger partial charge in [0.15, 0.2) is 11.5 Å². The smallest absolute Gasteiger partial charge is 0.218 e. The molecule has 0 radical (unpaired) electrons. The van der Waals surface area contributed by atoms with E-state index in [2.05, 4.69) is 15.5 Å². The molecule has 0 amide bonds. The van der Waals surface area contributed by atoms with Crippen LogP contribution in [-0.4, -0.2) is 35.6 Å². The highest BCUT2D eigenvalue weighted by Crippen LogP contribution is 2.11. The third-order valence-corrected chi connectivity index (χ3v) is 2.57. The Morgan fingerprint density at radius 1 is 1.41 bits per heavy atom. The SMILES string of the molecule is O=C(/C(=N/O)C1=NCCN1)c1ccc(Cl)cc1. The van der Waals surface area contributed by atoms with Crippen LogP contribution in [0.4, 0.5) is 0 Å². The summed E-state index contributed by atoms with van der Waals surface area (Å²) in [7, 11) is 0. The standard InChI is InChI=1S/C11H10ClN3O2/c12-8-3-1-7(2-4-8)10(16)9(15-17)11-13-5-6-14-11/h1-4,17H,5-6H2,(H,13,14)/b15-9-. The summed E-state index contributed by atoms with van der Waals surface area (Å²) in [6.45, 7) is 1.21. The van der Waals surface area contributed by atoms with Crippen LogP contribution in [0.15, 0.2) is 34.4 Å². The number of rotatable bonds is 3. The summed E-state index contributed by atoms with van der Waals surface area (Å²) in [6, 6.07) is 6.36. The maximum Gasteiger partial charge on any atom is 0.218 e. The second kappa shape index (κ2) is 4.97. The van der Waals surface area contributed by atoms with E-state index in [9.17, 15) is 4.79 Å². The van der Waals surface area contributed by atoms with Crippen LogP contribution in [-0.2, 0) is 0 Å². The van der Waals surface area contributed by atoms with Crippen LogP contribution in [0.2, 0.25) is 5.02 Å². The average Bonchev–Trinajstić information content (AvgIpc) is 2.84. The molecule has 88 valence electrons. The van der Waals surface area contributed by atoms with E-state index in [1.807, 2.05) is 0 Å². The average molecular weight is 252 g/mol. The molecule has 0 fully saturated rings. The summed E-state index contributed by atoms with van der Waals surface area (Å²) in [5.74, 6) is -0.0650. The van der Waals surface area contributed by atoms with Crippen molar-refractivity contribution in [1.82, 2.24) is 5.32 Å². The van der Waals surface area contributed by atoms with Crippen LogP contribution in [0.1, 0.15) is 10.4 Å². The molecule has 17 heavy (non-hydrogen) atoms. The highest BCUT2D eigenvalue weighted by molar-refractivity contribution is 6.69. The fourth-order valence-electron chi connectivity index (χ4n) is 1.49. The van der Waals surface area contributed by atoms with E-state index in [0.717, 1.165) is 0 Å². The van der Waals surface area contributed by atoms with E-state index >= 15 is 0 Å². The van der Waals surface area contributed by atoms with Crippen LogP contribution in [0.3, 0.4) is 0 Å². The first-order valence-corrected chi connectivity index (χ1v) is 5.41. The molecular weight excluding hydrogens is 242 g/mol. The number of amidine groups is 1. The van der Waals surface area contributed by atoms with E-state index in [1.54, 1.807) is 24.3 Å². The van der Waals surface area contributed by atoms with Gasteiger partial charge in [0.2, 0.25) is 5.78 Å². The molecule has 1 aromatic rings. The molecule has 0 spiro atoms. The Bertz CT molecular complexity index is 494. The minimum atomic E-state index is -0.391. The molecule has 0 atom stereocenters. The predicted octanol–water partition coefficient (Wildman–Crippen LogP) is 1.35. The number of nitrogens with one attached hydrogen (secondary N) is 1. The Morgan fingerprint density at radius 2 is 2.12 bits per heavy atom. The zero-order chi connectivity index (χ0) is 12.3. The van der Waals surface area contributed by atoms with Crippen LogP contribution in [0.25, 0.3) is 0 Å². The predicted molar refractivity (Wildman–Crippen MR) is 65.3 cm³/mol. The molecule has 1 aliphatic rings. The summed E-state index contributed by atoms with van der Waals surface area (Å²) >= 11 is 5.73. The lowest BCUT2D eigenvalue weighted by Gasteiger charge is -2.04. The quantitative estimate of drug-likeness (QED) is 0.369. The zero-order valence-corrected chi connectivity index (χ0v) is 9.61. The van der Waals surface area contributed by atoms with Crippen molar-refractivity contribution in [1.29, 1.82) is 0 Å². The van der Waals surface area contributed by atoms with E-state index in [4.69, 9.17) is 16.8 Å². The number of nitrogens with zero attached hydrogens (tertiary/aromatic N) is 2. The summed E-state index contributed by atoms with van der Waals surface area (Å²) < 4.78 is 0. The van der Waals surface area contributed by atoms with Crippen molar-refractivity contribution < 1.29 is 10.0 Å². The molecule has 2 N–H and O–H groups in total. The van der Waals surface area contributed by atoms with Gasteiger partial charge in [-0.1, -0.05) is 16.8 Å². The van der Waals surface area contributed by atoms with Crippen molar-refractivity contribution in [2.75, 3.05) is 13.1 Å². The first-order chi connectivity index (χ1) is 8.22. The lowest BCUT2D eigenvalue weighted by Crippen LogP contribution is -2.33. The van der Waals surface area contributed by atoms with Gasteiger partial charge < -0.3 is 10.5 Å². The second-order valence-corrected chi connectivity index (χ2v) is 3.88. The molecular formula is C11H10ClN3O2. The normalized spacial score (nSPS) is 15.4. The van der Waals surface area contributed by atoms with Crippen molar-refractivity contribution in [3.8, 4) is 0 Å². The van der Waals surface area contributed by atoms with Crippen molar-refractivity contribution in [2.24, 2.45) is 10.1 Å². The Hall–Kier alpha value is -1.88. The van der Waals surface area contributed by atoms with E-state index in [-0.39, 0.29) is 5.71 Å². The number of aliphatic imine (C=N–C) groups is 1. The van der Waals surface area contributed by atoms with Gasteiger partial charge >= 0.3 is 0 Å². The van der Waals surface area contributed by atoms with E-state index in [1.165, 1.54) is 0 Å². The minimum Gasteiger partial charge on any atom is -0.410 e. The largest absolute Gasteiger partial charge is 0.410 e. The van der Waals surface area contributed by atoms with Crippen LogP contribution in [0.5, 0.6) is 0 Å². The molecule has 0 aliphatic carbocycles. The number of Topliss-reactive ketones (excluding diaryl/α,β-unsaturated/α-hetero) is 1. The molecule has 0 aromatic heterocycles. The molecule has 0 unspecified atom stereocenters. The summed E-state index contributed by atoms with van der Waals surface area (Å²) in [5, 5.41) is 15.3. The first kappa shape index (κ1) is 11.6. The third-order valence-electron chi connectivity index (χ3n) is 2.32. The number of halogens is 1. The Morgan fingerprint density at radius 3 is 2.65 bits per heavy atom. The fourth-order valence-corrected chi connectivity index (χ4v) is 1.62. The molecule has 0 saturated heterocycles. The molecule has 1 aromatic carbocycles. The number of hydrogen-bond acceptors (Lipinski definition) is 5. The van der Waals surface area contributed by atoms with Gasteiger partial charge in [-0.05, 0) is 24.3 Å². The van der Waals surface area contributed by atoms with Crippen molar-refractivity contribution in [3.05, 3.63) is 34.9 Å². The van der Waals surface area contributed by atoms with Gasteiger partial charge in [-0.2, -0.15) is 0 Å². The van der Waals surface area contributed by atoms with Gasteiger partial charge in [-0.3, -0.25) is 9.79 Å². The van der Waals surface area contributed by atoms with Crippen molar-refractivity contribution in [2.45, 2.75) is 0 Å². The zero-order valence-electron chi connectivity index (χ0n) is 8.85. The fraction of sp³-hybridized carbons (Fsp3) is 0.182. The number of carbonyl (C=O) groups is 1. The van der Waals surface area contributed by atoms with Gasteiger partial charge in [0.05, 0.1) is 6.54 Å². The summed E-state index contributed by atoms with van der Waals surface area (Å²) in [6.07, 6.45) is 0. The maximum absolute atomic E-state index is 12.0. The highest BCUT2D eigenvalue weighted by Gasteiger charge is 2.22. The van der Waals surface area contributed by atoms with E-state index < -0.39 is 5.78 Å². The summed E-state index contributed by atoms with van der Waals surface area (Å²) in [4.78, 5) is 16.1. The molecule has 0 saturated carbocycles. The highest BCUT2D eigenvalue weighted by atomic mass is 35.5. The third kappa shape index (κ3) is 2.45. The topological polar surface area (TPSA) is 74.0 Å². The maximum atomic E-state index is 12.0. The Balaban J connectivity index is 2.26. The van der Waals surface area contributed by atoms with Gasteiger partial charge in [-0.25, -0.2) is 0 Å². The van der Waals surface area contributed by atoms with E-state index in [0.29, 0.717) is 29.5 Å². The van der Waals surface area contributed by atoms with Gasteiger partial charge in [0.25, 0.3) is 0 Å². The first-order valence-electron chi connectivity index (χ1n) is 5.03. The van der Waals surface area contributed by atoms with Crippen LogP contribution < -0.4 is 5.32 Å². The number of ketones is 1. The summed E-state index contributed by atoms with van der Waals surface area (Å²) in [5.41, 5.74) is 0.323. The molecule has 2 rings (SSSR count). The number of hydrogen-bond donors (Lipinski definition) is 2. The molecule has 1 heterocycles. The molecule has 6 heteroatoms. The second-order valence-electron chi connectivity index (χ2n) is 3.44. The Kier molecular flexibility index (Phi) is 3.39. The lowest BCUT2D eigenvalue weighted by atomic mass is 10.1. The number of carbonyl (C=O) groups excluding carboxylic acids is 1. The van der Waals surface area contributed by atoms with Crippen molar-refractivity contribution >= 4 is 28.9 Å². The Labute approximate surface area is 103 Å². The molecule has 1 aliphatic heterocycles. The number of oxime groups is 1.